The largest absolute Gasteiger partial charge is 0.394 e. The average Bonchev–Trinajstić information content (AvgIpc) is 2.33. The summed E-state index contributed by atoms with van der Waals surface area (Å²) in [6, 6.07) is 0.244. The second kappa shape index (κ2) is 4.97. The van der Waals surface area contributed by atoms with E-state index in [4.69, 9.17) is 23.1 Å². The zero-order valence-electron chi connectivity index (χ0n) is 10.1. The third-order valence-corrected chi connectivity index (χ3v) is 3.51. The molecular weight excluding hydrogens is 254 g/mol. The molecule has 2 rings (SSSR count). The normalized spacial score (nSPS) is 24.0. The molecule has 0 bridgehead atoms. The average molecular weight is 270 g/mol. The third-order valence-electron chi connectivity index (χ3n) is 3.32. The predicted octanol–water partition coefficient (Wildman–Crippen LogP) is 0.802. The van der Waals surface area contributed by atoms with E-state index >= 15 is 0 Å². The van der Waals surface area contributed by atoms with Gasteiger partial charge in [0.2, 0.25) is 11.2 Å². The molecule has 4 N–H and O–H groups in total. The molecule has 0 aliphatic carbocycles. The summed E-state index contributed by atoms with van der Waals surface area (Å²) in [4.78, 5) is 21.2. The molecule has 7 heteroatoms. The van der Waals surface area contributed by atoms with Gasteiger partial charge in [-0.3, -0.25) is 4.79 Å². The van der Waals surface area contributed by atoms with E-state index in [2.05, 4.69) is 16.9 Å². The monoisotopic (exact) mass is 269 g/mol. The molecule has 1 aromatic rings. The molecule has 2 unspecified atom stereocenters. The van der Waals surface area contributed by atoms with Gasteiger partial charge in [-0.1, -0.05) is 0 Å². The number of anilines is 2. The highest BCUT2D eigenvalue weighted by molar-refractivity contribution is 6.28. The van der Waals surface area contributed by atoms with Gasteiger partial charge in [0.25, 0.3) is 0 Å². The topological polar surface area (TPSA) is 98.1 Å². The van der Waals surface area contributed by atoms with Gasteiger partial charge in [0.1, 0.15) is 0 Å². The molecule has 1 aromatic heterocycles. The molecule has 0 saturated carbocycles. The Labute approximate surface area is 110 Å². The lowest BCUT2D eigenvalue weighted by Crippen LogP contribution is -2.46. The van der Waals surface area contributed by atoms with Crippen LogP contribution < -0.4 is 16.4 Å². The van der Waals surface area contributed by atoms with Crippen molar-refractivity contribution in [3.63, 3.8) is 0 Å². The van der Waals surface area contributed by atoms with Gasteiger partial charge in [-0.05, 0) is 31.4 Å². The minimum Gasteiger partial charge on any atom is -0.394 e. The molecule has 18 heavy (non-hydrogen) atoms. The Morgan fingerprint density at radius 1 is 1.56 bits per heavy atom. The number of nitrogens with two attached hydrogens (primary N) is 2. The van der Waals surface area contributed by atoms with Crippen molar-refractivity contribution in [2.75, 3.05) is 17.2 Å². The van der Waals surface area contributed by atoms with Crippen LogP contribution >= 0.6 is 11.6 Å². The number of nitrogen functional groups attached to an aromatic ring is 1. The molecular formula is C11H16ClN5O. The van der Waals surface area contributed by atoms with Crippen molar-refractivity contribution >= 4 is 29.0 Å². The summed E-state index contributed by atoms with van der Waals surface area (Å²) in [6.07, 6.45) is 3.14. The number of carbonyl (C=O) groups is 1. The number of hydrogen-bond donors (Lipinski definition) is 2. The lowest BCUT2D eigenvalue weighted by Gasteiger charge is -2.38. The summed E-state index contributed by atoms with van der Waals surface area (Å²) in [5, 5.41) is 0.146. The van der Waals surface area contributed by atoms with Gasteiger partial charge >= 0.3 is 0 Å². The fraction of sp³-hybridized carbons (Fsp3) is 0.545. The number of halogens is 1. The van der Waals surface area contributed by atoms with Crippen molar-refractivity contribution in [2.45, 2.75) is 25.8 Å². The number of hydrogen-bond acceptors (Lipinski definition) is 5. The molecule has 2 heterocycles. The van der Waals surface area contributed by atoms with Crippen molar-refractivity contribution in [3.8, 4) is 0 Å². The fourth-order valence-electron chi connectivity index (χ4n) is 2.23. The van der Waals surface area contributed by atoms with Crippen molar-refractivity contribution in [1.29, 1.82) is 0 Å². The third kappa shape index (κ3) is 2.48. The maximum Gasteiger partial charge on any atom is 0.224 e. The molecule has 0 radical (unpaired) electrons. The van der Waals surface area contributed by atoms with Crippen LogP contribution in [0.4, 0.5) is 11.5 Å². The maximum atomic E-state index is 11.3. The molecule has 98 valence electrons. The van der Waals surface area contributed by atoms with Gasteiger partial charge in [0.05, 0.1) is 17.8 Å². The van der Waals surface area contributed by atoms with Crippen molar-refractivity contribution in [3.05, 3.63) is 11.5 Å². The highest BCUT2D eigenvalue weighted by atomic mass is 35.5. The smallest absolute Gasteiger partial charge is 0.224 e. The van der Waals surface area contributed by atoms with Gasteiger partial charge in [-0.15, -0.1) is 0 Å². The first-order valence-corrected chi connectivity index (χ1v) is 6.20. The number of rotatable bonds is 2. The number of amides is 1. The van der Waals surface area contributed by atoms with E-state index in [1.54, 1.807) is 0 Å². The Kier molecular flexibility index (Phi) is 3.56. The van der Waals surface area contributed by atoms with E-state index in [0.717, 1.165) is 12.8 Å². The first-order chi connectivity index (χ1) is 8.49. The number of nitrogens with zero attached hydrogens (tertiary/aromatic N) is 3. The van der Waals surface area contributed by atoms with Gasteiger partial charge in [0, 0.05) is 12.6 Å². The minimum absolute atomic E-state index is 0.146. The lowest BCUT2D eigenvalue weighted by molar-refractivity contribution is -0.122. The Hall–Kier alpha value is -1.56. The van der Waals surface area contributed by atoms with Gasteiger partial charge < -0.3 is 16.4 Å². The Bertz CT molecular complexity index is 467. The van der Waals surface area contributed by atoms with Crippen molar-refractivity contribution in [1.82, 2.24) is 9.97 Å². The summed E-state index contributed by atoms with van der Waals surface area (Å²) in [5.74, 6) is 0.119. The van der Waals surface area contributed by atoms with Crippen LogP contribution in [0.3, 0.4) is 0 Å². The van der Waals surface area contributed by atoms with Crippen LogP contribution in [-0.2, 0) is 4.79 Å². The van der Waals surface area contributed by atoms with Crippen LogP contribution in [0.2, 0.25) is 5.28 Å². The van der Waals surface area contributed by atoms with Crippen LogP contribution in [0, 0.1) is 5.92 Å². The number of piperidine rings is 1. The van der Waals surface area contributed by atoms with E-state index in [1.807, 2.05) is 4.90 Å². The molecule has 1 aliphatic heterocycles. The number of aromatic nitrogens is 2. The van der Waals surface area contributed by atoms with Gasteiger partial charge in [-0.25, -0.2) is 4.98 Å². The quantitative estimate of drug-likeness (QED) is 0.774. The van der Waals surface area contributed by atoms with Crippen molar-refractivity contribution < 1.29 is 4.79 Å². The molecule has 6 nitrogen and oxygen atoms in total. The summed E-state index contributed by atoms with van der Waals surface area (Å²) < 4.78 is 0. The highest BCUT2D eigenvalue weighted by Crippen LogP contribution is 2.30. The lowest BCUT2D eigenvalue weighted by atomic mass is 9.93. The Morgan fingerprint density at radius 2 is 2.28 bits per heavy atom. The molecule has 2 atom stereocenters. The van der Waals surface area contributed by atoms with Crippen LogP contribution in [0.15, 0.2) is 6.20 Å². The minimum atomic E-state index is -0.286. The summed E-state index contributed by atoms with van der Waals surface area (Å²) >= 11 is 5.79. The first-order valence-electron chi connectivity index (χ1n) is 5.83. The van der Waals surface area contributed by atoms with E-state index in [1.165, 1.54) is 6.20 Å². The number of carbonyl (C=O) groups excluding carboxylic acids is 1. The fourth-order valence-corrected chi connectivity index (χ4v) is 2.35. The molecule has 0 spiro atoms. The molecule has 0 aromatic carbocycles. The predicted molar refractivity (Wildman–Crippen MR) is 70.2 cm³/mol. The van der Waals surface area contributed by atoms with Crippen molar-refractivity contribution in [2.24, 2.45) is 11.7 Å². The molecule has 1 fully saturated rings. The second-order valence-electron chi connectivity index (χ2n) is 4.60. The molecule has 1 amide bonds. The van der Waals surface area contributed by atoms with Crippen LogP contribution in [0.5, 0.6) is 0 Å². The van der Waals surface area contributed by atoms with E-state index < -0.39 is 0 Å². The van der Waals surface area contributed by atoms with E-state index in [-0.39, 0.29) is 23.2 Å². The first kappa shape index (κ1) is 12.9. The van der Waals surface area contributed by atoms with Crippen LogP contribution in [-0.4, -0.2) is 28.5 Å². The summed E-state index contributed by atoms with van der Waals surface area (Å²) in [5.41, 5.74) is 11.7. The zero-order chi connectivity index (χ0) is 13.3. The number of primary amides is 1. The van der Waals surface area contributed by atoms with Gasteiger partial charge in [-0.2, -0.15) is 4.98 Å². The summed E-state index contributed by atoms with van der Waals surface area (Å²) in [6.45, 7) is 2.58. The highest BCUT2D eigenvalue weighted by Gasteiger charge is 2.30. The van der Waals surface area contributed by atoms with Crippen LogP contribution in [0.1, 0.15) is 19.8 Å². The van der Waals surface area contributed by atoms with E-state index in [0.29, 0.717) is 18.1 Å². The molecule has 1 saturated heterocycles. The second-order valence-corrected chi connectivity index (χ2v) is 4.93. The standard InChI is InChI=1S/C11H16ClN5O/c1-6-2-3-7(9(14)18)5-17(6)10-8(13)4-15-11(12)16-10/h4,6-7H,2-3,5,13H2,1H3,(H2,14,18). The van der Waals surface area contributed by atoms with Gasteiger partial charge in [0.15, 0.2) is 5.82 Å². The Morgan fingerprint density at radius 3 is 2.94 bits per heavy atom. The zero-order valence-corrected chi connectivity index (χ0v) is 10.9. The molecule has 1 aliphatic rings. The van der Waals surface area contributed by atoms with E-state index in [9.17, 15) is 4.79 Å². The Balaban J connectivity index is 2.29. The van der Waals surface area contributed by atoms with Crippen LogP contribution in [0.25, 0.3) is 0 Å². The maximum absolute atomic E-state index is 11.3. The SMILES string of the molecule is CC1CCC(C(N)=O)CN1c1nc(Cl)ncc1N. The summed E-state index contributed by atoms with van der Waals surface area (Å²) in [7, 11) is 0.